The summed E-state index contributed by atoms with van der Waals surface area (Å²) in [6, 6.07) is 6.96. The van der Waals surface area contributed by atoms with Gasteiger partial charge in [0.2, 0.25) is 0 Å². The molecule has 1 aromatic heterocycles. The normalized spacial score (nSPS) is 10.5. The van der Waals surface area contributed by atoms with Crippen LogP contribution in [0, 0.1) is 19.7 Å². The van der Waals surface area contributed by atoms with Gasteiger partial charge in [-0.2, -0.15) is 0 Å². The quantitative estimate of drug-likeness (QED) is 0.668. The van der Waals surface area contributed by atoms with E-state index in [2.05, 4.69) is 0 Å². The van der Waals surface area contributed by atoms with Crippen LogP contribution in [0.1, 0.15) is 11.1 Å². The average Bonchev–Trinajstić information content (AvgIpc) is 2.52. The van der Waals surface area contributed by atoms with Crippen molar-refractivity contribution in [2.45, 2.75) is 13.8 Å². The highest BCUT2D eigenvalue weighted by molar-refractivity contribution is 5.62. The minimum atomic E-state index is -0.233. The molecular formula is C12H11FO. The number of hydrogen-bond donors (Lipinski definition) is 0. The lowest BCUT2D eigenvalue weighted by molar-refractivity contribution is 0.568. The molecule has 0 atom stereocenters. The van der Waals surface area contributed by atoms with Crippen molar-refractivity contribution in [3.63, 3.8) is 0 Å². The third kappa shape index (κ3) is 1.43. The van der Waals surface area contributed by atoms with Crippen molar-refractivity contribution in [1.29, 1.82) is 0 Å². The summed E-state index contributed by atoms with van der Waals surface area (Å²) < 4.78 is 18.8. The van der Waals surface area contributed by atoms with Gasteiger partial charge in [0.15, 0.2) is 0 Å². The molecule has 0 saturated heterocycles. The van der Waals surface area contributed by atoms with Gasteiger partial charge in [-0.05, 0) is 43.2 Å². The first-order chi connectivity index (χ1) is 6.68. The second kappa shape index (κ2) is 3.29. The minimum Gasteiger partial charge on any atom is -0.464 e. The van der Waals surface area contributed by atoms with Gasteiger partial charge in [-0.1, -0.05) is 6.07 Å². The number of hydrogen-bond acceptors (Lipinski definition) is 1. The lowest BCUT2D eigenvalue weighted by Gasteiger charge is -2.01. The standard InChI is InChI=1S/C12H11FO/c1-8-3-4-10(11(13)7-8)12-9(2)5-6-14-12/h3-7H,1-2H3. The largest absolute Gasteiger partial charge is 0.464 e. The fourth-order valence-electron chi connectivity index (χ4n) is 1.45. The Morgan fingerprint density at radius 1 is 1.14 bits per heavy atom. The van der Waals surface area contributed by atoms with Crippen LogP contribution >= 0.6 is 0 Å². The first-order valence-corrected chi connectivity index (χ1v) is 4.49. The van der Waals surface area contributed by atoms with Gasteiger partial charge < -0.3 is 4.42 Å². The van der Waals surface area contributed by atoms with Gasteiger partial charge in [0.25, 0.3) is 0 Å². The van der Waals surface area contributed by atoms with E-state index in [9.17, 15) is 4.39 Å². The van der Waals surface area contributed by atoms with Crippen LogP contribution in [0.15, 0.2) is 34.9 Å². The Morgan fingerprint density at radius 3 is 2.50 bits per heavy atom. The maximum Gasteiger partial charge on any atom is 0.139 e. The maximum absolute atomic E-state index is 13.5. The smallest absolute Gasteiger partial charge is 0.139 e. The lowest BCUT2D eigenvalue weighted by atomic mass is 10.1. The van der Waals surface area contributed by atoms with Gasteiger partial charge in [-0.25, -0.2) is 4.39 Å². The van der Waals surface area contributed by atoms with Crippen molar-refractivity contribution in [3.8, 4) is 11.3 Å². The molecule has 14 heavy (non-hydrogen) atoms. The van der Waals surface area contributed by atoms with Crippen LogP contribution in [0.4, 0.5) is 4.39 Å². The summed E-state index contributed by atoms with van der Waals surface area (Å²) in [6.07, 6.45) is 1.57. The first-order valence-electron chi connectivity index (χ1n) is 4.49. The number of rotatable bonds is 1. The molecule has 1 heterocycles. The highest BCUT2D eigenvalue weighted by atomic mass is 19.1. The van der Waals surface area contributed by atoms with Crippen LogP contribution in [-0.2, 0) is 0 Å². The molecule has 1 nitrogen and oxygen atoms in total. The van der Waals surface area contributed by atoms with Crippen LogP contribution in [-0.4, -0.2) is 0 Å². The molecule has 0 bridgehead atoms. The van der Waals surface area contributed by atoms with Crippen molar-refractivity contribution in [2.24, 2.45) is 0 Å². The zero-order valence-corrected chi connectivity index (χ0v) is 8.17. The van der Waals surface area contributed by atoms with E-state index >= 15 is 0 Å². The summed E-state index contributed by atoms with van der Waals surface area (Å²) in [5.41, 5.74) is 2.39. The van der Waals surface area contributed by atoms with Gasteiger partial charge in [-0.3, -0.25) is 0 Å². The molecule has 0 spiro atoms. The molecular weight excluding hydrogens is 179 g/mol. The zero-order chi connectivity index (χ0) is 10.1. The highest BCUT2D eigenvalue weighted by Gasteiger charge is 2.10. The summed E-state index contributed by atoms with van der Waals surface area (Å²) in [4.78, 5) is 0. The Balaban J connectivity index is 2.58. The number of halogens is 1. The van der Waals surface area contributed by atoms with E-state index in [4.69, 9.17) is 4.42 Å². The second-order valence-corrected chi connectivity index (χ2v) is 3.42. The topological polar surface area (TPSA) is 13.1 Å². The monoisotopic (exact) mass is 190 g/mol. The van der Waals surface area contributed by atoms with E-state index in [-0.39, 0.29) is 5.82 Å². The summed E-state index contributed by atoms with van der Waals surface area (Å²) in [7, 11) is 0. The van der Waals surface area contributed by atoms with Crippen molar-refractivity contribution in [2.75, 3.05) is 0 Å². The van der Waals surface area contributed by atoms with Crippen LogP contribution in [0.2, 0.25) is 0 Å². The molecule has 0 aliphatic carbocycles. The van der Waals surface area contributed by atoms with E-state index in [0.29, 0.717) is 11.3 Å². The Morgan fingerprint density at radius 2 is 1.93 bits per heavy atom. The van der Waals surface area contributed by atoms with Crippen molar-refractivity contribution in [3.05, 3.63) is 47.5 Å². The molecule has 0 aliphatic rings. The minimum absolute atomic E-state index is 0.233. The Bertz CT molecular complexity index is 457. The molecule has 0 amide bonds. The van der Waals surface area contributed by atoms with Crippen molar-refractivity contribution in [1.82, 2.24) is 0 Å². The van der Waals surface area contributed by atoms with Gasteiger partial charge in [0.1, 0.15) is 11.6 Å². The molecule has 0 fully saturated rings. The van der Waals surface area contributed by atoms with Crippen LogP contribution < -0.4 is 0 Å². The SMILES string of the molecule is Cc1ccc(-c2occc2C)c(F)c1. The van der Waals surface area contributed by atoms with E-state index in [1.54, 1.807) is 12.3 Å². The molecule has 2 aromatic rings. The Hall–Kier alpha value is -1.57. The van der Waals surface area contributed by atoms with Crippen molar-refractivity contribution < 1.29 is 8.81 Å². The summed E-state index contributed by atoms with van der Waals surface area (Å²) >= 11 is 0. The second-order valence-electron chi connectivity index (χ2n) is 3.42. The molecule has 0 radical (unpaired) electrons. The molecule has 0 unspecified atom stereocenters. The van der Waals surface area contributed by atoms with Gasteiger partial charge in [0, 0.05) is 0 Å². The van der Waals surface area contributed by atoms with E-state index in [0.717, 1.165) is 11.1 Å². The molecule has 0 aliphatic heterocycles. The summed E-state index contributed by atoms with van der Waals surface area (Å²) in [5, 5.41) is 0. The summed E-state index contributed by atoms with van der Waals surface area (Å²) in [6.45, 7) is 3.76. The fraction of sp³-hybridized carbons (Fsp3) is 0.167. The molecule has 0 saturated carbocycles. The molecule has 2 heteroatoms. The van der Waals surface area contributed by atoms with E-state index in [1.807, 2.05) is 26.0 Å². The maximum atomic E-state index is 13.5. The number of aryl methyl sites for hydroxylation is 2. The van der Waals surface area contributed by atoms with Gasteiger partial charge in [-0.15, -0.1) is 0 Å². The van der Waals surface area contributed by atoms with Gasteiger partial charge in [0.05, 0.1) is 11.8 Å². The third-order valence-corrected chi connectivity index (χ3v) is 2.23. The molecule has 0 N–H and O–H groups in total. The van der Waals surface area contributed by atoms with E-state index in [1.165, 1.54) is 6.07 Å². The van der Waals surface area contributed by atoms with Crippen LogP contribution in [0.5, 0.6) is 0 Å². The average molecular weight is 190 g/mol. The predicted molar refractivity (Wildman–Crippen MR) is 53.6 cm³/mol. The fourth-order valence-corrected chi connectivity index (χ4v) is 1.45. The van der Waals surface area contributed by atoms with Crippen molar-refractivity contribution >= 4 is 0 Å². The molecule has 2 rings (SSSR count). The molecule has 1 aromatic carbocycles. The molecule has 72 valence electrons. The van der Waals surface area contributed by atoms with Crippen LogP contribution in [0.3, 0.4) is 0 Å². The lowest BCUT2D eigenvalue weighted by Crippen LogP contribution is -1.85. The van der Waals surface area contributed by atoms with Crippen LogP contribution in [0.25, 0.3) is 11.3 Å². The Labute approximate surface area is 82.2 Å². The Kier molecular flexibility index (Phi) is 2.12. The number of furan rings is 1. The third-order valence-electron chi connectivity index (χ3n) is 2.23. The van der Waals surface area contributed by atoms with Gasteiger partial charge >= 0.3 is 0 Å². The van der Waals surface area contributed by atoms with E-state index < -0.39 is 0 Å². The zero-order valence-electron chi connectivity index (χ0n) is 8.17. The first kappa shape index (κ1) is 9.00. The summed E-state index contributed by atoms with van der Waals surface area (Å²) in [5.74, 6) is 0.380. The number of benzene rings is 1. The highest BCUT2D eigenvalue weighted by Crippen LogP contribution is 2.27. The predicted octanol–water partition coefficient (Wildman–Crippen LogP) is 3.70.